The molecule has 0 unspecified atom stereocenters. The molecule has 5 rings (SSSR count). The SMILES string of the molecule is COc1c(F)c(Br)c(F)c2nc(OCC34CCCN3CCC4)nc(N3CCCN=C(/C=C(\N)C(=O)NC(C)C)C3)c12. The van der Waals surface area contributed by atoms with Crippen LogP contribution in [0.2, 0.25) is 0 Å². The van der Waals surface area contributed by atoms with Gasteiger partial charge in [-0.15, -0.1) is 0 Å². The summed E-state index contributed by atoms with van der Waals surface area (Å²) < 4.78 is 42.1. The second-order valence-electron chi connectivity index (χ2n) is 11.1. The van der Waals surface area contributed by atoms with Crippen LogP contribution < -0.4 is 25.4 Å². The third-order valence-electron chi connectivity index (χ3n) is 7.93. The van der Waals surface area contributed by atoms with E-state index in [-0.39, 0.29) is 56.8 Å². The summed E-state index contributed by atoms with van der Waals surface area (Å²) in [6.07, 6.45) is 6.42. The standard InChI is InChI=1S/C28H36BrF2N7O3/c1-16(2)34-26(39)18(32)13-17-14-37(10-6-9-33-17)25-19-23(21(30)20(29)22(31)24(19)40-3)35-27(36-25)41-15-28-7-4-11-38(28)12-5-8-28/h13,16H,4-12,14-15,32H2,1-3H3,(H,34,39)/b18-13-. The fourth-order valence-corrected chi connectivity index (χ4v) is 6.39. The normalized spacial score (nSPS) is 19.3. The van der Waals surface area contributed by atoms with Crippen LogP contribution in [-0.2, 0) is 4.79 Å². The number of rotatable bonds is 8. The Morgan fingerprint density at radius 1 is 1.17 bits per heavy atom. The summed E-state index contributed by atoms with van der Waals surface area (Å²) in [6.45, 7) is 7.30. The average molecular weight is 637 g/mol. The second kappa shape index (κ2) is 12.0. The molecule has 2 fully saturated rings. The van der Waals surface area contributed by atoms with Crippen molar-refractivity contribution in [1.29, 1.82) is 0 Å². The number of aliphatic imine (C=N–C) groups is 1. The number of hydrogen-bond acceptors (Lipinski definition) is 9. The highest BCUT2D eigenvalue weighted by Crippen LogP contribution is 2.42. The Balaban J connectivity index is 1.55. The summed E-state index contributed by atoms with van der Waals surface area (Å²) in [7, 11) is 1.32. The van der Waals surface area contributed by atoms with Crippen LogP contribution in [0.3, 0.4) is 0 Å². The molecule has 3 aliphatic rings. The first-order valence-corrected chi connectivity index (χ1v) is 14.8. The molecule has 2 aromatic rings. The van der Waals surface area contributed by atoms with Crippen molar-refractivity contribution < 1.29 is 23.0 Å². The predicted octanol–water partition coefficient (Wildman–Crippen LogP) is 3.70. The van der Waals surface area contributed by atoms with E-state index in [4.69, 9.17) is 20.2 Å². The smallest absolute Gasteiger partial charge is 0.319 e. The summed E-state index contributed by atoms with van der Waals surface area (Å²) in [6, 6.07) is -0.0707. The minimum absolute atomic E-state index is 0.00851. The first kappa shape index (κ1) is 29.4. The van der Waals surface area contributed by atoms with Crippen LogP contribution in [0.15, 0.2) is 21.2 Å². The molecule has 3 N–H and O–H groups in total. The number of aromatic nitrogens is 2. The zero-order valence-corrected chi connectivity index (χ0v) is 25.2. The molecule has 2 saturated heterocycles. The lowest BCUT2D eigenvalue weighted by Gasteiger charge is -2.31. The van der Waals surface area contributed by atoms with Gasteiger partial charge in [-0.2, -0.15) is 9.97 Å². The van der Waals surface area contributed by atoms with Crippen LogP contribution >= 0.6 is 15.9 Å². The van der Waals surface area contributed by atoms with E-state index in [0.29, 0.717) is 31.8 Å². The number of hydrogen-bond donors (Lipinski definition) is 2. The number of fused-ring (bicyclic) bond motifs is 2. The van der Waals surface area contributed by atoms with Crippen LogP contribution in [-0.4, -0.2) is 84.5 Å². The number of nitrogens with one attached hydrogen (secondary N) is 1. The van der Waals surface area contributed by atoms with Crippen LogP contribution in [0.25, 0.3) is 10.9 Å². The number of methoxy groups -OCH3 is 1. The molecule has 10 nitrogen and oxygen atoms in total. The zero-order chi connectivity index (χ0) is 29.3. The van der Waals surface area contributed by atoms with Crippen molar-refractivity contribution in [3.05, 3.63) is 27.9 Å². The van der Waals surface area contributed by atoms with Crippen molar-refractivity contribution in [2.24, 2.45) is 10.7 Å². The summed E-state index contributed by atoms with van der Waals surface area (Å²) in [5.41, 5.74) is 6.44. The molecule has 0 spiro atoms. The van der Waals surface area contributed by atoms with Crippen molar-refractivity contribution in [1.82, 2.24) is 20.2 Å². The summed E-state index contributed by atoms with van der Waals surface area (Å²) in [5, 5.41) is 2.85. The topological polar surface area (TPSA) is 118 Å². The van der Waals surface area contributed by atoms with E-state index >= 15 is 8.78 Å². The molecule has 0 bridgehead atoms. The van der Waals surface area contributed by atoms with Crippen LogP contribution in [0.5, 0.6) is 11.8 Å². The number of carbonyl (C=O) groups excluding carboxylic acids is 1. The highest BCUT2D eigenvalue weighted by molar-refractivity contribution is 9.10. The van der Waals surface area contributed by atoms with Crippen molar-refractivity contribution in [3.8, 4) is 11.8 Å². The number of anilines is 1. The van der Waals surface area contributed by atoms with E-state index in [2.05, 4.69) is 36.1 Å². The van der Waals surface area contributed by atoms with Gasteiger partial charge in [-0.3, -0.25) is 14.7 Å². The Labute approximate surface area is 246 Å². The molecule has 0 saturated carbocycles. The van der Waals surface area contributed by atoms with E-state index < -0.39 is 17.5 Å². The number of halogens is 3. The number of benzene rings is 1. The lowest BCUT2D eigenvalue weighted by molar-refractivity contribution is -0.118. The van der Waals surface area contributed by atoms with Crippen molar-refractivity contribution in [2.75, 3.05) is 51.3 Å². The van der Waals surface area contributed by atoms with Gasteiger partial charge in [-0.05, 0) is 81.0 Å². The summed E-state index contributed by atoms with van der Waals surface area (Å²) in [4.78, 5) is 30.4. The van der Waals surface area contributed by atoms with Gasteiger partial charge in [0, 0.05) is 19.1 Å². The van der Waals surface area contributed by atoms with E-state index in [0.717, 1.165) is 38.8 Å². The lowest BCUT2D eigenvalue weighted by Crippen LogP contribution is -2.43. The van der Waals surface area contributed by atoms with Gasteiger partial charge in [-0.25, -0.2) is 8.78 Å². The lowest BCUT2D eigenvalue weighted by atomic mass is 9.95. The molecule has 0 radical (unpaired) electrons. The molecule has 13 heteroatoms. The molecule has 0 atom stereocenters. The van der Waals surface area contributed by atoms with Gasteiger partial charge in [0.15, 0.2) is 17.4 Å². The molecule has 1 amide bonds. The highest BCUT2D eigenvalue weighted by Gasteiger charge is 2.45. The highest BCUT2D eigenvalue weighted by atomic mass is 79.9. The van der Waals surface area contributed by atoms with Gasteiger partial charge in [-0.1, -0.05) is 0 Å². The van der Waals surface area contributed by atoms with Crippen molar-refractivity contribution >= 4 is 44.3 Å². The van der Waals surface area contributed by atoms with Gasteiger partial charge < -0.3 is 25.4 Å². The maximum Gasteiger partial charge on any atom is 0.319 e. The van der Waals surface area contributed by atoms with Gasteiger partial charge in [0.25, 0.3) is 5.91 Å². The van der Waals surface area contributed by atoms with Crippen molar-refractivity contribution in [3.63, 3.8) is 0 Å². The third kappa shape index (κ3) is 5.83. The number of nitrogens with zero attached hydrogens (tertiary/aromatic N) is 5. The Morgan fingerprint density at radius 3 is 2.59 bits per heavy atom. The van der Waals surface area contributed by atoms with Gasteiger partial charge in [0.2, 0.25) is 0 Å². The van der Waals surface area contributed by atoms with Crippen LogP contribution in [0.1, 0.15) is 46.0 Å². The van der Waals surface area contributed by atoms with Gasteiger partial charge in [0.1, 0.15) is 17.9 Å². The molecule has 41 heavy (non-hydrogen) atoms. The Morgan fingerprint density at radius 2 is 1.90 bits per heavy atom. The Kier molecular flexibility index (Phi) is 8.65. The number of amides is 1. The molecule has 1 aromatic heterocycles. The van der Waals surface area contributed by atoms with Gasteiger partial charge in [0.05, 0.1) is 40.5 Å². The summed E-state index contributed by atoms with van der Waals surface area (Å²) in [5.74, 6) is -2.08. The van der Waals surface area contributed by atoms with E-state index in [1.165, 1.54) is 13.2 Å². The Bertz CT molecular complexity index is 1390. The number of nitrogens with two attached hydrogens (primary N) is 1. The third-order valence-corrected chi connectivity index (χ3v) is 8.63. The fourth-order valence-electron chi connectivity index (χ4n) is 6.02. The molecular weight excluding hydrogens is 600 g/mol. The summed E-state index contributed by atoms with van der Waals surface area (Å²) >= 11 is 3.02. The number of carbonyl (C=O) groups is 1. The minimum atomic E-state index is -0.888. The molecule has 222 valence electrons. The number of ether oxygens (including phenoxy) is 2. The molecule has 3 aliphatic heterocycles. The first-order chi connectivity index (χ1) is 19.6. The maximum absolute atomic E-state index is 15.6. The fraction of sp³-hybridized carbons (Fsp3) is 0.571. The second-order valence-corrected chi connectivity index (χ2v) is 11.9. The Hall–Kier alpha value is -3.06. The van der Waals surface area contributed by atoms with Crippen molar-refractivity contribution in [2.45, 2.75) is 57.5 Å². The van der Waals surface area contributed by atoms with E-state index in [1.807, 2.05) is 18.7 Å². The molecule has 1 aromatic carbocycles. The predicted molar refractivity (Wildman–Crippen MR) is 157 cm³/mol. The monoisotopic (exact) mass is 635 g/mol. The van der Waals surface area contributed by atoms with Crippen LogP contribution in [0.4, 0.5) is 14.6 Å². The molecule has 4 heterocycles. The zero-order valence-electron chi connectivity index (χ0n) is 23.6. The first-order valence-electron chi connectivity index (χ1n) is 14.0. The molecular formula is C28H36BrF2N7O3. The minimum Gasteiger partial charge on any atom is -0.493 e. The van der Waals surface area contributed by atoms with Crippen LogP contribution in [0, 0.1) is 11.6 Å². The maximum atomic E-state index is 15.6. The largest absolute Gasteiger partial charge is 0.493 e. The van der Waals surface area contributed by atoms with E-state index in [1.54, 1.807) is 0 Å². The average Bonchev–Trinajstić information content (AvgIpc) is 3.44. The molecule has 0 aliphatic carbocycles. The quantitative estimate of drug-likeness (QED) is 0.333. The van der Waals surface area contributed by atoms with E-state index in [9.17, 15) is 4.79 Å². The van der Waals surface area contributed by atoms with Gasteiger partial charge >= 0.3 is 6.01 Å².